The molecule has 2 aliphatic rings. The first-order valence-corrected chi connectivity index (χ1v) is 8.84. The van der Waals surface area contributed by atoms with Crippen molar-refractivity contribution in [1.29, 1.82) is 0 Å². The number of ether oxygens (including phenoxy) is 1. The standard InChI is InChI=1S/C16H22N4OS/c1-19-10-14(9-18-19)13-8-16(21-12-13)2-5-20(6-3-16)11-15-17-4-7-22-15/h4,7,9-10,13H,2-3,5-6,8,11-12H2,1H3. The van der Waals surface area contributed by atoms with Gasteiger partial charge in [0.2, 0.25) is 0 Å². The van der Waals surface area contributed by atoms with Gasteiger partial charge in [-0.05, 0) is 24.8 Å². The topological polar surface area (TPSA) is 43.2 Å². The number of aromatic nitrogens is 3. The average molecular weight is 318 g/mol. The first-order chi connectivity index (χ1) is 10.7. The van der Waals surface area contributed by atoms with Crippen LogP contribution in [0.1, 0.15) is 35.8 Å². The zero-order valence-corrected chi connectivity index (χ0v) is 13.8. The van der Waals surface area contributed by atoms with Crippen molar-refractivity contribution in [3.8, 4) is 0 Å². The molecular weight excluding hydrogens is 296 g/mol. The van der Waals surface area contributed by atoms with Crippen LogP contribution in [-0.2, 0) is 18.3 Å². The van der Waals surface area contributed by atoms with Crippen molar-refractivity contribution in [2.45, 2.75) is 37.3 Å². The summed E-state index contributed by atoms with van der Waals surface area (Å²) in [4.78, 5) is 6.89. The van der Waals surface area contributed by atoms with Crippen LogP contribution in [0.3, 0.4) is 0 Å². The van der Waals surface area contributed by atoms with Gasteiger partial charge in [0.15, 0.2) is 0 Å². The quantitative estimate of drug-likeness (QED) is 0.872. The molecule has 2 saturated heterocycles. The normalized spacial score (nSPS) is 25.0. The van der Waals surface area contributed by atoms with E-state index in [1.165, 1.54) is 10.6 Å². The van der Waals surface area contributed by atoms with Crippen molar-refractivity contribution in [1.82, 2.24) is 19.7 Å². The second kappa shape index (κ2) is 5.76. The minimum atomic E-state index is 0.0971. The predicted octanol–water partition coefficient (Wildman–Crippen LogP) is 2.42. The van der Waals surface area contributed by atoms with Crippen LogP contribution in [0.25, 0.3) is 0 Å². The lowest BCUT2D eigenvalue weighted by Gasteiger charge is -2.38. The van der Waals surface area contributed by atoms with Crippen LogP contribution in [0.15, 0.2) is 24.0 Å². The molecule has 0 saturated carbocycles. The Morgan fingerprint density at radius 1 is 1.41 bits per heavy atom. The van der Waals surface area contributed by atoms with Crippen LogP contribution >= 0.6 is 11.3 Å². The monoisotopic (exact) mass is 318 g/mol. The molecule has 1 atom stereocenters. The van der Waals surface area contributed by atoms with E-state index in [1.807, 2.05) is 24.1 Å². The van der Waals surface area contributed by atoms with E-state index in [-0.39, 0.29) is 5.60 Å². The summed E-state index contributed by atoms with van der Waals surface area (Å²) in [6, 6.07) is 0. The van der Waals surface area contributed by atoms with Gasteiger partial charge < -0.3 is 4.74 Å². The summed E-state index contributed by atoms with van der Waals surface area (Å²) in [5.74, 6) is 0.513. The Kier molecular flexibility index (Phi) is 3.76. The Balaban J connectivity index is 1.35. The highest BCUT2D eigenvalue weighted by molar-refractivity contribution is 7.09. The Hall–Kier alpha value is -1.24. The molecule has 2 fully saturated rings. The lowest BCUT2D eigenvalue weighted by atomic mass is 9.84. The van der Waals surface area contributed by atoms with Crippen molar-refractivity contribution in [3.05, 3.63) is 34.5 Å². The Morgan fingerprint density at radius 3 is 2.95 bits per heavy atom. The van der Waals surface area contributed by atoms with Crippen molar-refractivity contribution in [3.63, 3.8) is 0 Å². The third-order valence-corrected chi connectivity index (χ3v) is 5.78. The second-order valence-corrected chi connectivity index (χ2v) is 7.52. The summed E-state index contributed by atoms with van der Waals surface area (Å²) in [5, 5.41) is 7.57. The Labute approximate surface area is 134 Å². The van der Waals surface area contributed by atoms with Crippen molar-refractivity contribution in [2.24, 2.45) is 7.05 Å². The zero-order chi connectivity index (χ0) is 15.0. The van der Waals surface area contributed by atoms with Crippen LogP contribution in [0.2, 0.25) is 0 Å². The van der Waals surface area contributed by atoms with E-state index in [2.05, 4.69) is 26.6 Å². The fourth-order valence-electron chi connectivity index (χ4n) is 3.70. The number of rotatable bonds is 3. The molecule has 118 valence electrons. The highest BCUT2D eigenvalue weighted by Crippen LogP contribution is 2.42. The molecule has 4 rings (SSSR count). The van der Waals surface area contributed by atoms with Crippen LogP contribution in [-0.4, -0.2) is 45.0 Å². The highest BCUT2D eigenvalue weighted by atomic mass is 32.1. The molecule has 5 nitrogen and oxygen atoms in total. The van der Waals surface area contributed by atoms with Gasteiger partial charge in [0.25, 0.3) is 0 Å². The third kappa shape index (κ3) is 2.83. The lowest BCUT2D eigenvalue weighted by Crippen LogP contribution is -2.43. The van der Waals surface area contributed by atoms with Gasteiger partial charge in [-0.2, -0.15) is 5.10 Å². The maximum absolute atomic E-state index is 6.26. The van der Waals surface area contributed by atoms with Gasteiger partial charge in [-0.1, -0.05) is 0 Å². The molecular formula is C16H22N4OS. The third-order valence-electron chi connectivity index (χ3n) is 5.01. The van der Waals surface area contributed by atoms with E-state index in [9.17, 15) is 0 Å². The number of hydrogen-bond acceptors (Lipinski definition) is 5. The fourth-order valence-corrected chi connectivity index (χ4v) is 4.36. The molecule has 2 aromatic rings. The molecule has 0 N–H and O–H groups in total. The maximum atomic E-state index is 6.26. The van der Waals surface area contributed by atoms with Gasteiger partial charge in [-0.15, -0.1) is 11.3 Å². The number of nitrogens with zero attached hydrogens (tertiary/aromatic N) is 4. The first-order valence-electron chi connectivity index (χ1n) is 7.96. The molecule has 0 radical (unpaired) electrons. The predicted molar refractivity (Wildman–Crippen MR) is 85.9 cm³/mol. The summed E-state index contributed by atoms with van der Waals surface area (Å²) in [6.45, 7) is 4.05. The average Bonchev–Trinajstić information content (AvgIpc) is 3.24. The zero-order valence-electron chi connectivity index (χ0n) is 12.9. The molecule has 1 spiro atoms. The molecule has 6 heteroatoms. The molecule has 0 aromatic carbocycles. The number of thiazole rings is 1. The van der Waals surface area contributed by atoms with Gasteiger partial charge in [0.1, 0.15) is 5.01 Å². The molecule has 0 aliphatic carbocycles. The minimum absolute atomic E-state index is 0.0971. The Bertz CT molecular complexity index is 616. The minimum Gasteiger partial charge on any atom is -0.374 e. The fraction of sp³-hybridized carbons (Fsp3) is 0.625. The molecule has 0 bridgehead atoms. The van der Waals surface area contributed by atoms with Gasteiger partial charge in [-0.3, -0.25) is 9.58 Å². The summed E-state index contributed by atoms with van der Waals surface area (Å²) in [6.07, 6.45) is 9.42. The summed E-state index contributed by atoms with van der Waals surface area (Å²) < 4.78 is 8.15. The van der Waals surface area contributed by atoms with Crippen molar-refractivity contribution in [2.75, 3.05) is 19.7 Å². The molecule has 2 aliphatic heterocycles. The largest absolute Gasteiger partial charge is 0.374 e. The van der Waals surface area contributed by atoms with Gasteiger partial charge in [-0.25, -0.2) is 4.98 Å². The summed E-state index contributed by atoms with van der Waals surface area (Å²) in [5.41, 5.74) is 1.42. The van der Waals surface area contributed by atoms with E-state index >= 15 is 0 Å². The van der Waals surface area contributed by atoms with Crippen LogP contribution in [0, 0.1) is 0 Å². The summed E-state index contributed by atoms with van der Waals surface area (Å²) in [7, 11) is 1.98. The first kappa shape index (κ1) is 14.4. The van der Waals surface area contributed by atoms with Crippen molar-refractivity contribution < 1.29 is 4.74 Å². The number of hydrogen-bond donors (Lipinski definition) is 0. The van der Waals surface area contributed by atoms with E-state index in [0.717, 1.165) is 45.5 Å². The van der Waals surface area contributed by atoms with Crippen LogP contribution in [0.5, 0.6) is 0 Å². The SMILES string of the molecule is Cn1cc(C2COC3(CCN(Cc4nccs4)CC3)C2)cn1. The Morgan fingerprint density at radius 2 is 2.27 bits per heavy atom. The van der Waals surface area contributed by atoms with Gasteiger partial charge in [0.05, 0.1) is 24.9 Å². The van der Waals surface area contributed by atoms with E-state index in [4.69, 9.17) is 4.74 Å². The lowest BCUT2D eigenvalue weighted by molar-refractivity contribution is -0.0448. The molecule has 4 heterocycles. The number of likely N-dealkylation sites (tertiary alicyclic amines) is 1. The van der Waals surface area contributed by atoms with E-state index in [0.29, 0.717) is 5.92 Å². The van der Waals surface area contributed by atoms with Crippen molar-refractivity contribution >= 4 is 11.3 Å². The van der Waals surface area contributed by atoms with Gasteiger partial charge >= 0.3 is 0 Å². The molecule has 2 aromatic heterocycles. The smallest absolute Gasteiger partial charge is 0.107 e. The maximum Gasteiger partial charge on any atom is 0.107 e. The summed E-state index contributed by atoms with van der Waals surface area (Å²) >= 11 is 1.75. The number of aryl methyl sites for hydroxylation is 1. The molecule has 22 heavy (non-hydrogen) atoms. The number of piperidine rings is 1. The molecule has 0 amide bonds. The van der Waals surface area contributed by atoms with Gasteiger partial charge in [0, 0.05) is 43.8 Å². The van der Waals surface area contributed by atoms with Crippen LogP contribution < -0.4 is 0 Å². The second-order valence-electron chi connectivity index (χ2n) is 6.54. The van der Waals surface area contributed by atoms with E-state index in [1.54, 1.807) is 11.3 Å². The van der Waals surface area contributed by atoms with Crippen LogP contribution in [0.4, 0.5) is 0 Å². The van der Waals surface area contributed by atoms with E-state index < -0.39 is 0 Å². The highest BCUT2D eigenvalue weighted by Gasteiger charge is 2.43. The molecule has 1 unspecified atom stereocenters.